The van der Waals surface area contributed by atoms with Crippen LogP contribution in [0.2, 0.25) is 0 Å². The number of aliphatic imine (C=N–C) groups is 1. The number of rotatable bonds is 5. The van der Waals surface area contributed by atoms with E-state index < -0.39 is 6.35 Å². The van der Waals surface area contributed by atoms with Crippen LogP contribution in [0.1, 0.15) is 45.1 Å². The predicted molar refractivity (Wildman–Crippen MR) is 91.8 cm³/mol. The number of amidine groups is 1. The molecular weight excluding hydrogens is 282 g/mol. The molecule has 0 aromatic heterocycles. The summed E-state index contributed by atoms with van der Waals surface area (Å²) in [5, 5.41) is 14.3. The first-order valence-corrected chi connectivity index (χ1v) is 8.60. The van der Waals surface area contributed by atoms with Gasteiger partial charge in [0.15, 0.2) is 11.5 Å². The van der Waals surface area contributed by atoms with Crippen LogP contribution >= 0.6 is 11.8 Å². The summed E-state index contributed by atoms with van der Waals surface area (Å²) in [6.45, 7) is 7.32. The Balaban J connectivity index is 2.27. The van der Waals surface area contributed by atoms with Crippen LogP contribution in [0.15, 0.2) is 29.3 Å². The van der Waals surface area contributed by atoms with Crippen molar-refractivity contribution in [1.29, 1.82) is 0 Å². The molecule has 1 saturated heterocycles. The zero-order valence-corrected chi connectivity index (χ0v) is 13.9. The van der Waals surface area contributed by atoms with Gasteiger partial charge < -0.3 is 5.11 Å². The van der Waals surface area contributed by atoms with Gasteiger partial charge in [-0.2, -0.15) is 0 Å². The Labute approximate surface area is 131 Å². The number of aliphatic hydroxyl groups is 1. The van der Waals surface area contributed by atoms with Gasteiger partial charge in [-0.15, -0.1) is 0 Å². The molecule has 2 rings (SSSR count). The van der Waals surface area contributed by atoms with Gasteiger partial charge >= 0.3 is 0 Å². The minimum Gasteiger partial charge on any atom is -0.360 e. The average molecular weight is 307 g/mol. The van der Waals surface area contributed by atoms with E-state index in [1.165, 1.54) is 5.56 Å². The van der Waals surface area contributed by atoms with Crippen molar-refractivity contribution in [2.75, 3.05) is 17.3 Å². The fraction of sp³-hybridized carbons (Fsp3) is 0.562. The molecule has 1 atom stereocenters. The molecular formula is C16H25N3OS. The number of hydrogen-bond donors (Lipinski definition) is 2. The van der Waals surface area contributed by atoms with Crippen molar-refractivity contribution in [3.05, 3.63) is 29.8 Å². The summed E-state index contributed by atoms with van der Waals surface area (Å²) in [6, 6.07) is 8.33. The first-order valence-electron chi connectivity index (χ1n) is 7.61. The Hall–Kier alpha value is -1.04. The van der Waals surface area contributed by atoms with E-state index in [1.54, 1.807) is 11.8 Å². The topological polar surface area (TPSA) is 47.9 Å². The van der Waals surface area contributed by atoms with E-state index in [0.717, 1.165) is 30.2 Å². The Morgan fingerprint density at radius 1 is 1.48 bits per heavy atom. The summed E-state index contributed by atoms with van der Waals surface area (Å²) in [6.07, 6.45) is 1.49. The van der Waals surface area contributed by atoms with E-state index in [-0.39, 0.29) is 0 Å². The predicted octanol–water partition coefficient (Wildman–Crippen LogP) is 3.34. The molecule has 0 aliphatic carbocycles. The molecule has 1 heterocycles. The van der Waals surface area contributed by atoms with Crippen LogP contribution in [-0.2, 0) is 0 Å². The van der Waals surface area contributed by atoms with E-state index in [0.29, 0.717) is 11.8 Å². The third-order valence-electron chi connectivity index (χ3n) is 3.49. The standard InChI is InChI=1S/C16H25N3OS/c1-4-5-9-17-16-19(15(20)18-11-21-16)14-8-6-7-13(10-14)12(2)3/h6-8,10,12,15,18,20H,4-5,9,11H2,1-3H3/b17-16-. The van der Waals surface area contributed by atoms with Crippen LogP contribution in [-0.4, -0.2) is 29.0 Å². The highest BCUT2D eigenvalue weighted by atomic mass is 32.2. The number of nitrogens with one attached hydrogen (secondary N) is 1. The second kappa shape index (κ2) is 7.82. The maximum absolute atomic E-state index is 10.3. The molecule has 0 saturated carbocycles. The third-order valence-corrected chi connectivity index (χ3v) is 4.39. The highest BCUT2D eigenvalue weighted by Gasteiger charge is 2.26. The number of thioether (sulfide) groups is 1. The zero-order chi connectivity index (χ0) is 15.2. The maximum atomic E-state index is 10.3. The van der Waals surface area contributed by atoms with E-state index in [2.05, 4.69) is 43.2 Å². The van der Waals surface area contributed by atoms with Crippen molar-refractivity contribution in [2.24, 2.45) is 4.99 Å². The minimum atomic E-state index is -0.714. The lowest BCUT2D eigenvalue weighted by atomic mass is 10.0. The monoisotopic (exact) mass is 307 g/mol. The lowest BCUT2D eigenvalue weighted by Crippen LogP contribution is -2.52. The van der Waals surface area contributed by atoms with Gasteiger partial charge in [0, 0.05) is 12.2 Å². The first kappa shape index (κ1) is 16.3. The Morgan fingerprint density at radius 2 is 2.29 bits per heavy atom. The largest absolute Gasteiger partial charge is 0.360 e. The minimum absolute atomic E-state index is 0.466. The van der Waals surface area contributed by atoms with Crippen molar-refractivity contribution >= 4 is 22.6 Å². The van der Waals surface area contributed by atoms with Crippen molar-refractivity contribution in [2.45, 2.75) is 45.9 Å². The van der Waals surface area contributed by atoms with E-state index in [9.17, 15) is 5.11 Å². The third kappa shape index (κ3) is 4.22. The summed E-state index contributed by atoms with van der Waals surface area (Å²) in [4.78, 5) is 6.55. The van der Waals surface area contributed by atoms with Gasteiger partial charge in [0.25, 0.3) is 0 Å². The van der Waals surface area contributed by atoms with E-state index in [1.807, 2.05) is 17.0 Å². The maximum Gasteiger partial charge on any atom is 0.190 e. The van der Waals surface area contributed by atoms with Crippen molar-refractivity contribution in [3.8, 4) is 0 Å². The molecule has 116 valence electrons. The first-order chi connectivity index (χ1) is 10.1. The number of nitrogens with zero attached hydrogens (tertiary/aromatic N) is 2. The highest BCUT2D eigenvalue weighted by Crippen LogP contribution is 2.27. The molecule has 1 aliphatic rings. The number of anilines is 1. The summed E-state index contributed by atoms with van der Waals surface area (Å²) in [5.41, 5.74) is 2.26. The molecule has 1 aromatic carbocycles. The van der Waals surface area contributed by atoms with Gasteiger partial charge in [-0.1, -0.05) is 51.1 Å². The van der Waals surface area contributed by atoms with Crippen molar-refractivity contribution in [3.63, 3.8) is 0 Å². The lowest BCUT2D eigenvalue weighted by Gasteiger charge is -2.35. The smallest absolute Gasteiger partial charge is 0.190 e. The molecule has 1 unspecified atom stereocenters. The molecule has 1 aliphatic heterocycles. The Morgan fingerprint density at radius 3 is 3.00 bits per heavy atom. The van der Waals surface area contributed by atoms with Crippen LogP contribution in [0.25, 0.3) is 0 Å². The van der Waals surface area contributed by atoms with Crippen molar-refractivity contribution in [1.82, 2.24) is 5.32 Å². The van der Waals surface area contributed by atoms with Gasteiger partial charge in [-0.25, -0.2) is 0 Å². The molecule has 4 nitrogen and oxygen atoms in total. The quantitative estimate of drug-likeness (QED) is 0.819. The number of unbranched alkanes of at least 4 members (excludes halogenated alkanes) is 1. The summed E-state index contributed by atoms with van der Waals surface area (Å²) in [7, 11) is 0. The normalized spacial score (nSPS) is 21.3. The summed E-state index contributed by atoms with van der Waals surface area (Å²) in [5.74, 6) is 1.15. The molecule has 0 spiro atoms. The highest BCUT2D eigenvalue weighted by molar-refractivity contribution is 8.14. The Kier molecular flexibility index (Phi) is 6.08. The van der Waals surface area contributed by atoms with Crippen LogP contribution in [0.4, 0.5) is 5.69 Å². The molecule has 1 aromatic rings. The fourth-order valence-electron chi connectivity index (χ4n) is 2.19. The zero-order valence-electron chi connectivity index (χ0n) is 13.0. The van der Waals surface area contributed by atoms with Crippen LogP contribution in [0.3, 0.4) is 0 Å². The average Bonchev–Trinajstić information content (AvgIpc) is 2.48. The van der Waals surface area contributed by atoms with Crippen molar-refractivity contribution < 1.29 is 5.11 Å². The SMILES string of the molecule is CCCC/N=C1\SCNC(O)N1c1cccc(C(C)C)c1. The van der Waals surface area contributed by atoms with Gasteiger partial charge in [-0.05, 0) is 30.0 Å². The van der Waals surface area contributed by atoms with Gasteiger partial charge in [0.1, 0.15) is 0 Å². The summed E-state index contributed by atoms with van der Waals surface area (Å²) >= 11 is 1.64. The molecule has 0 bridgehead atoms. The van der Waals surface area contributed by atoms with Gasteiger partial charge in [-0.3, -0.25) is 15.2 Å². The number of aliphatic hydroxyl groups excluding tert-OH is 1. The second-order valence-electron chi connectivity index (χ2n) is 5.50. The van der Waals surface area contributed by atoms with Crippen LogP contribution in [0, 0.1) is 0 Å². The number of hydrogen-bond acceptors (Lipinski definition) is 4. The second-order valence-corrected chi connectivity index (χ2v) is 6.45. The summed E-state index contributed by atoms with van der Waals surface area (Å²) < 4.78 is 0. The molecule has 1 fully saturated rings. The van der Waals surface area contributed by atoms with Gasteiger partial charge in [0.05, 0.1) is 5.88 Å². The molecule has 5 heteroatoms. The molecule has 0 radical (unpaired) electrons. The fourth-order valence-corrected chi connectivity index (χ4v) is 3.07. The molecule has 0 amide bonds. The van der Waals surface area contributed by atoms with E-state index >= 15 is 0 Å². The van der Waals surface area contributed by atoms with Gasteiger partial charge in [0.2, 0.25) is 0 Å². The van der Waals surface area contributed by atoms with E-state index in [4.69, 9.17) is 0 Å². The Bertz CT molecular complexity index is 490. The number of benzene rings is 1. The lowest BCUT2D eigenvalue weighted by molar-refractivity contribution is 0.153. The molecule has 21 heavy (non-hydrogen) atoms. The molecule has 2 N–H and O–H groups in total. The van der Waals surface area contributed by atoms with Crippen LogP contribution < -0.4 is 10.2 Å². The van der Waals surface area contributed by atoms with Crippen LogP contribution in [0.5, 0.6) is 0 Å².